The van der Waals surface area contributed by atoms with Crippen LogP contribution in [0, 0.1) is 10.1 Å². The smallest absolute Gasteiger partial charge is 0.294 e. The molecule has 3 rings (SSSR count). The molecule has 188 valence electrons. The van der Waals surface area contributed by atoms with Crippen LogP contribution in [0.15, 0.2) is 24.5 Å². The maximum Gasteiger partial charge on any atom is 0.294 e. The standard InChI is InChI=1S/C23H35N5O6/c1-16(29)27(19-9-5-6-10-20(19)34-28(31)32)14-23(2,3)25-12-17(30)13-33-21-11-7-8-18-22(21)26(4)15-24-18/h7-8,11,15,17,19-20,25,30H,5-6,9-10,12-14H2,1-4H3. The number of para-hydroxylation sites is 1. The summed E-state index contributed by atoms with van der Waals surface area (Å²) in [6.45, 7) is 5.99. The van der Waals surface area contributed by atoms with E-state index in [-0.39, 0.29) is 25.1 Å². The number of imidazole rings is 1. The third-order valence-electron chi connectivity index (χ3n) is 6.21. The van der Waals surface area contributed by atoms with Crippen molar-refractivity contribution in [2.45, 2.75) is 70.2 Å². The average Bonchev–Trinajstić information content (AvgIpc) is 3.16. The van der Waals surface area contributed by atoms with Crippen molar-refractivity contribution in [3.8, 4) is 5.75 Å². The van der Waals surface area contributed by atoms with Crippen LogP contribution in [-0.2, 0) is 16.7 Å². The first-order valence-corrected chi connectivity index (χ1v) is 11.6. The summed E-state index contributed by atoms with van der Waals surface area (Å²) in [4.78, 5) is 34.3. The molecular weight excluding hydrogens is 442 g/mol. The van der Waals surface area contributed by atoms with Gasteiger partial charge in [0.2, 0.25) is 5.91 Å². The summed E-state index contributed by atoms with van der Waals surface area (Å²) in [6, 6.07) is 5.24. The Balaban J connectivity index is 1.56. The summed E-state index contributed by atoms with van der Waals surface area (Å²) < 4.78 is 7.73. The predicted octanol–water partition coefficient (Wildman–Crippen LogP) is 2.05. The first-order valence-electron chi connectivity index (χ1n) is 11.6. The van der Waals surface area contributed by atoms with Crippen LogP contribution < -0.4 is 10.1 Å². The molecule has 3 atom stereocenters. The van der Waals surface area contributed by atoms with Crippen LogP contribution in [0.3, 0.4) is 0 Å². The first kappa shape index (κ1) is 25.7. The summed E-state index contributed by atoms with van der Waals surface area (Å²) in [5.74, 6) is 0.486. The number of aliphatic hydroxyl groups excluding tert-OH is 1. The van der Waals surface area contributed by atoms with Crippen molar-refractivity contribution in [1.82, 2.24) is 19.8 Å². The Morgan fingerprint density at radius 3 is 2.85 bits per heavy atom. The SMILES string of the molecule is CC(=O)N(CC(C)(C)NCC(O)COc1cccc2ncn(C)c12)C1CCCCC1O[N+](=O)[O-]. The molecule has 34 heavy (non-hydrogen) atoms. The van der Waals surface area contributed by atoms with Gasteiger partial charge in [-0.05, 0) is 38.8 Å². The number of ether oxygens (including phenoxy) is 1. The van der Waals surface area contributed by atoms with E-state index in [9.17, 15) is 20.0 Å². The van der Waals surface area contributed by atoms with E-state index >= 15 is 0 Å². The van der Waals surface area contributed by atoms with Gasteiger partial charge in [-0.1, -0.05) is 18.9 Å². The molecule has 1 aromatic heterocycles. The highest BCUT2D eigenvalue weighted by Crippen LogP contribution is 2.27. The van der Waals surface area contributed by atoms with Crippen molar-refractivity contribution in [2.75, 3.05) is 19.7 Å². The Morgan fingerprint density at radius 1 is 1.41 bits per heavy atom. The Labute approximate surface area is 199 Å². The lowest BCUT2D eigenvalue weighted by Gasteiger charge is -2.42. The minimum atomic E-state index is -0.784. The van der Waals surface area contributed by atoms with Crippen LogP contribution in [-0.4, -0.2) is 74.0 Å². The molecule has 2 N–H and O–H groups in total. The minimum absolute atomic E-state index is 0.0885. The molecule has 0 saturated heterocycles. The molecule has 1 aromatic carbocycles. The summed E-state index contributed by atoms with van der Waals surface area (Å²) in [5.41, 5.74) is 1.13. The second kappa shape index (κ2) is 11.0. The monoisotopic (exact) mass is 477 g/mol. The summed E-state index contributed by atoms with van der Waals surface area (Å²) in [5, 5.41) is 24.0. The molecule has 2 aromatic rings. The Hall–Kier alpha value is -2.92. The summed E-state index contributed by atoms with van der Waals surface area (Å²) in [7, 11) is 1.89. The van der Waals surface area contributed by atoms with Gasteiger partial charge in [-0.3, -0.25) is 4.79 Å². The van der Waals surface area contributed by atoms with E-state index in [4.69, 9.17) is 9.57 Å². The number of aryl methyl sites for hydroxylation is 1. The molecular formula is C23H35N5O6. The molecule has 0 aliphatic heterocycles. The van der Waals surface area contributed by atoms with Crippen LogP contribution in [0.1, 0.15) is 46.5 Å². The topological polar surface area (TPSA) is 132 Å². The molecule has 1 saturated carbocycles. The van der Waals surface area contributed by atoms with Crippen LogP contribution in [0.2, 0.25) is 0 Å². The predicted molar refractivity (Wildman–Crippen MR) is 126 cm³/mol. The fourth-order valence-corrected chi connectivity index (χ4v) is 4.54. The third kappa shape index (κ3) is 6.57. The first-order chi connectivity index (χ1) is 16.1. The van der Waals surface area contributed by atoms with Crippen molar-refractivity contribution in [1.29, 1.82) is 0 Å². The molecule has 3 unspecified atom stereocenters. The number of rotatable bonds is 11. The minimum Gasteiger partial charge on any atom is -0.489 e. The van der Waals surface area contributed by atoms with Crippen LogP contribution in [0.25, 0.3) is 11.0 Å². The number of carbonyl (C=O) groups is 1. The Bertz CT molecular complexity index is 993. The van der Waals surface area contributed by atoms with Crippen LogP contribution in [0.5, 0.6) is 5.75 Å². The number of hydrogen-bond donors (Lipinski definition) is 2. The number of carbonyl (C=O) groups excluding carboxylic acids is 1. The molecule has 0 radical (unpaired) electrons. The van der Waals surface area contributed by atoms with Crippen LogP contribution >= 0.6 is 0 Å². The van der Waals surface area contributed by atoms with Crippen molar-refractivity contribution < 1.29 is 24.6 Å². The Morgan fingerprint density at radius 2 is 2.15 bits per heavy atom. The zero-order valence-electron chi connectivity index (χ0n) is 20.3. The quantitative estimate of drug-likeness (QED) is 0.371. The van der Waals surface area contributed by atoms with Gasteiger partial charge in [0, 0.05) is 32.6 Å². The highest BCUT2D eigenvalue weighted by molar-refractivity contribution is 5.81. The number of amides is 1. The number of β-amino-alcohol motifs (C(OH)–C–C–N with tert-alkyl or cyclic N) is 1. The second-order valence-electron chi connectivity index (χ2n) is 9.58. The molecule has 1 heterocycles. The highest BCUT2D eigenvalue weighted by atomic mass is 17.0. The van der Waals surface area contributed by atoms with Gasteiger partial charge in [-0.2, -0.15) is 0 Å². The number of benzene rings is 1. The number of aliphatic hydroxyl groups is 1. The van der Waals surface area contributed by atoms with Gasteiger partial charge >= 0.3 is 0 Å². The fraction of sp³-hybridized carbons (Fsp3) is 0.652. The number of hydrogen-bond acceptors (Lipinski definition) is 8. The second-order valence-corrected chi connectivity index (χ2v) is 9.58. The molecule has 11 nitrogen and oxygen atoms in total. The zero-order chi connectivity index (χ0) is 24.9. The third-order valence-corrected chi connectivity index (χ3v) is 6.21. The lowest BCUT2D eigenvalue weighted by Crippen LogP contribution is -2.58. The highest BCUT2D eigenvalue weighted by Gasteiger charge is 2.36. The molecule has 1 fully saturated rings. The zero-order valence-corrected chi connectivity index (χ0v) is 20.3. The summed E-state index contributed by atoms with van der Waals surface area (Å²) >= 11 is 0. The largest absolute Gasteiger partial charge is 0.489 e. The van der Waals surface area contributed by atoms with E-state index in [1.807, 2.05) is 43.7 Å². The van der Waals surface area contributed by atoms with Gasteiger partial charge in [0.15, 0.2) is 0 Å². The van der Waals surface area contributed by atoms with E-state index in [2.05, 4.69) is 10.3 Å². The number of aromatic nitrogens is 2. The number of nitrogens with zero attached hydrogens (tertiary/aromatic N) is 4. The van der Waals surface area contributed by atoms with E-state index in [0.29, 0.717) is 25.1 Å². The van der Waals surface area contributed by atoms with Gasteiger partial charge in [-0.25, -0.2) is 4.98 Å². The van der Waals surface area contributed by atoms with Gasteiger partial charge in [0.05, 0.1) is 17.9 Å². The molecule has 1 aliphatic rings. The van der Waals surface area contributed by atoms with Gasteiger partial charge in [0.25, 0.3) is 5.09 Å². The van der Waals surface area contributed by atoms with E-state index in [0.717, 1.165) is 23.9 Å². The number of nitrogens with one attached hydrogen (secondary N) is 1. The average molecular weight is 478 g/mol. The van der Waals surface area contributed by atoms with E-state index < -0.39 is 22.8 Å². The molecule has 1 aliphatic carbocycles. The molecule has 1 amide bonds. The van der Waals surface area contributed by atoms with E-state index in [1.165, 1.54) is 6.92 Å². The fourth-order valence-electron chi connectivity index (χ4n) is 4.54. The lowest BCUT2D eigenvalue weighted by molar-refractivity contribution is -0.770. The maximum atomic E-state index is 12.5. The molecule has 0 bridgehead atoms. The van der Waals surface area contributed by atoms with Crippen molar-refractivity contribution >= 4 is 16.9 Å². The Kier molecular flexibility index (Phi) is 8.32. The number of fused-ring (bicyclic) bond motifs is 1. The van der Waals surface area contributed by atoms with Crippen molar-refractivity contribution in [2.24, 2.45) is 7.05 Å². The lowest BCUT2D eigenvalue weighted by atomic mass is 9.90. The van der Waals surface area contributed by atoms with Gasteiger partial charge < -0.3 is 29.5 Å². The van der Waals surface area contributed by atoms with Gasteiger partial charge in [-0.15, -0.1) is 10.1 Å². The van der Waals surface area contributed by atoms with Crippen molar-refractivity contribution in [3.63, 3.8) is 0 Å². The summed E-state index contributed by atoms with van der Waals surface area (Å²) in [6.07, 6.45) is 3.23. The molecule has 0 spiro atoms. The van der Waals surface area contributed by atoms with Crippen molar-refractivity contribution in [3.05, 3.63) is 34.6 Å². The molecule has 11 heteroatoms. The van der Waals surface area contributed by atoms with Crippen LogP contribution in [0.4, 0.5) is 0 Å². The normalized spacial score (nSPS) is 19.6. The maximum absolute atomic E-state index is 12.5. The van der Waals surface area contributed by atoms with Gasteiger partial charge in [0.1, 0.15) is 30.1 Å². The van der Waals surface area contributed by atoms with E-state index in [1.54, 1.807) is 11.2 Å².